The van der Waals surface area contributed by atoms with E-state index in [1.165, 1.54) is 5.56 Å². The number of halogens is 3. The van der Waals surface area contributed by atoms with Crippen molar-refractivity contribution < 1.29 is 18.9 Å². The van der Waals surface area contributed by atoms with Crippen LogP contribution < -0.4 is 18.9 Å². The Morgan fingerprint density at radius 2 is 2.07 bits per heavy atom. The first-order valence-electron chi connectivity index (χ1n) is 8.84. The van der Waals surface area contributed by atoms with Crippen molar-refractivity contribution in [1.29, 1.82) is 0 Å². The SMILES string of the molecule is COc1c2c(cc3c1C(C#CCOc1ccc(Cl)cc1Cl)N(C)CC3)OCO2.Cl. The fourth-order valence-corrected chi connectivity index (χ4v) is 3.92. The highest BCUT2D eigenvalue weighted by Gasteiger charge is 2.33. The van der Waals surface area contributed by atoms with Crippen molar-refractivity contribution >= 4 is 35.6 Å². The Bertz CT molecular complexity index is 971. The van der Waals surface area contributed by atoms with Crippen molar-refractivity contribution in [3.63, 3.8) is 0 Å². The van der Waals surface area contributed by atoms with Crippen LogP contribution in [0, 0.1) is 11.8 Å². The lowest BCUT2D eigenvalue weighted by atomic mass is 9.91. The molecule has 2 aromatic rings. The molecule has 0 N–H and O–H groups in total. The number of methoxy groups -OCH3 is 1. The summed E-state index contributed by atoms with van der Waals surface area (Å²) in [4.78, 5) is 2.19. The lowest BCUT2D eigenvalue weighted by Crippen LogP contribution is -2.31. The van der Waals surface area contributed by atoms with Gasteiger partial charge in [-0.3, -0.25) is 4.90 Å². The van der Waals surface area contributed by atoms with E-state index < -0.39 is 0 Å². The van der Waals surface area contributed by atoms with Crippen molar-refractivity contribution in [2.24, 2.45) is 0 Å². The quantitative estimate of drug-likeness (QED) is 0.623. The lowest BCUT2D eigenvalue weighted by molar-refractivity contribution is 0.171. The monoisotopic (exact) mass is 455 g/mol. The summed E-state index contributed by atoms with van der Waals surface area (Å²) < 4.78 is 22.5. The summed E-state index contributed by atoms with van der Waals surface area (Å²) in [6, 6.07) is 7.01. The lowest BCUT2D eigenvalue weighted by Gasteiger charge is -2.32. The fraction of sp³-hybridized carbons (Fsp3) is 0.333. The number of hydrogen-bond donors (Lipinski definition) is 0. The minimum Gasteiger partial charge on any atom is -0.492 e. The number of likely N-dealkylation sites (N-methyl/N-ethyl adjacent to an activating group) is 1. The minimum absolute atomic E-state index is 0. The van der Waals surface area contributed by atoms with Gasteiger partial charge in [-0.1, -0.05) is 35.0 Å². The Kier molecular flexibility index (Phi) is 6.92. The van der Waals surface area contributed by atoms with Gasteiger partial charge in [-0.2, -0.15) is 0 Å². The normalized spacial score (nSPS) is 16.9. The van der Waals surface area contributed by atoms with Gasteiger partial charge >= 0.3 is 0 Å². The summed E-state index contributed by atoms with van der Waals surface area (Å²) in [5.74, 6) is 9.02. The average Bonchev–Trinajstić information content (AvgIpc) is 3.14. The van der Waals surface area contributed by atoms with Crippen LogP contribution in [0.25, 0.3) is 0 Å². The molecule has 8 heteroatoms. The van der Waals surface area contributed by atoms with Gasteiger partial charge < -0.3 is 18.9 Å². The molecule has 0 bridgehead atoms. The molecule has 0 saturated carbocycles. The molecular weight excluding hydrogens is 437 g/mol. The van der Waals surface area contributed by atoms with E-state index in [9.17, 15) is 0 Å². The molecule has 0 radical (unpaired) electrons. The Hall–Kier alpha value is -1.97. The zero-order valence-electron chi connectivity index (χ0n) is 16.0. The van der Waals surface area contributed by atoms with Gasteiger partial charge in [0.1, 0.15) is 18.4 Å². The van der Waals surface area contributed by atoms with Crippen molar-refractivity contribution in [2.45, 2.75) is 12.5 Å². The summed E-state index contributed by atoms with van der Waals surface area (Å²) >= 11 is 12.0. The van der Waals surface area contributed by atoms with Gasteiger partial charge in [0.25, 0.3) is 0 Å². The van der Waals surface area contributed by atoms with Crippen LogP contribution in [0.4, 0.5) is 0 Å². The van der Waals surface area contributed by atoms with Crippen LogP contribution >= 0.6 is 35.6 Å². The van der Waals surface area contributed by atoms with Crippen molar-refractivity contribution in [3.05, 3.63) is 45.4 Å². The Balaban J connectivity index is 0.00000240. The molecule has 0 aromatic heterocycles. The third-order valence-corrected chi connectivity index (χ3v) is 5.36. The molecule has 154 valence electrons. The van der Waals surface area contributed by atoms with E-state index in [0.717, 1.165) is 24.3 Å². The molecule has 0 fully saturated rings. The standard InChI is InChI=1S/C21H19Cl2NO4.ClH/c1-24-8-7-13-10-18-20(28-12-27-18)21(25-2)19(13)16(24)4-3-9-26-17-6-5-14(22)11-15(17)23;/h5-6,10-11,16H,7-9,12H2,1-2H3;1H. The van der Waals surface area contributed by atoms with Crippen molar-refractivity contribution in [2.75, 3.05) is 34.1 Å². The first-order valence-corrected chi connectivity index (χ1v) is 9.60. The molecule has 5 nitrogen and oxygen atoms in total. The zero-order valence-corrected chi connectivity index (χ0v) is 18.3. The van der Waals surface area contributed by atoms with Gasteiger partial charge in [0.05, 0.1) is 12.1 Å². The third-order valence-electron chi connectivity index (χ3n) is 4.83. The number of rotatable bonds is 3. The maximum Gasteiger partial charge on any atom is 0.231 e. The molecule has 4 rings (SSSR count). The smallest absolute Gasteiger partial charge is 0.231 e. The first kappa shape index (κ1) is 21.7. The highest BCUT2D eigenvalue weighted by molar-refractivity contribution is 6.35. The Morgan fingerprint density at radius 3 is 2.83 bits per heavy atom. The number of fused-ring (bicyclic) bond motifs is 2. The molecule has 1 unspecified atom stereocenters. The summed E-state index contributed by atoms with van der Waals surface area (Å²) in [6.07, 6.45) is 0.897. The summed E-state index contributed by atoms with van der Waals surface area (Å²) in [5.41, 5.74) is 2.19. The van der Waals surface area contributed by atoms with Crippen LogP contribution in [-0.2, 0) is 6.42 Å². The van der Waals surface area contributed by atoms with Crippen LogP contribution in [-0.4, -0.2) is 39.0 Å². The molecule has 2 aromatic carbocycles. The molecule has 0 amide bonds. The number of benzene rings is 2. The fourth-order valence-electron chi connectivity index (χ4n) is 3.46. The predicted molar refractivity (Wildman–Crippen MR) is 115 cm³/mol. The average molecular weight is 457 g/mol. The van der Waals surface area contributed by atoms with E-state index in [1.807, 2.05) is 13.1 Å². The third kappa shape index (κ3) is 4.31. The van der Waals surface area contributed by atoms with E-state index in [2.05, 4.69) is 16.7 Å². The van der Waals surface area contributed by atoms with Crippen molar-refractivity contribution in [1.82, 2.24) is 4.90 Å². The van der Waals surface area contributed by atoms with Crippen LogP contribution in [0.15, 0.2) is 24.3 Å². The second-order valence-electron chi connectivity index (χ2n) is 6.53. The van der Waals surface area contributed by atoms with E-state index in [0.29, 0.717) is 27.3 Å². The van der Waals surface area contributed by atoms with Gasteiger partial charge in [-0.25, -0.2) is 0 Å². The number of ether oxygens (including phenoxy) is 4. The molecule has 0 aliphatic carbocycles. The van der Waals surface area contributed by atoms with E-state index in [-0.39, 0.29) is 31.8 Å². The predicted octanol–water partition coefficient (Wildman–Crippen LogP) is 4.76. The second kappa shape index (κ2) is 9.23. The first-order chi connectivity index (χ1) is 13.6. The van der Waals surface area contributed by atoms with Crippen LogP contribution in [0.5, 0.6) is 23.0 Å². The minimum atomic E-state index is -0.127. The highest BCUT2D eigenvalue weighted by atomic mass is 35.5. The summed E-state index contributed by atoms with van der Waals surface area (Å²) in [7, 11) is 3.69. The van der Waals surface area contributed by atoms with E-state index >= 15 is 0 Å². The van der Waals surface area contributed by atoms with Crippen LogP contribution in [0.2, 0.25) is 10.0 Å². The number of nitrogens with zero attached hydrogens (tertiary/aromatic N) is 1. The topological polar surface area (TPSA) is 40.2 Å². The van der Waals surface area contributed by atoms with E-state index in [1.54, 1.807) is 25.3 Å². The van der Waals surface area contributed by atoms with Gasteiger partial charge in [-0.15, -0.1) is 12.4 Å². The van der Waals surface area contributed by atoms with Crippen LogP contribution in [0.3, 0.4) is 0 Å². The second-order valence-corrected chi connectivity index (χ2v) is 7.38. The molecular formula is C21H20Cl3NO4. The van der Waals surface area contributed by atoms with Gasteiger partial charge in [-0.05, 0) is 43.3 Å². The highest BCUT2D eigenvalue weighted by Crippen LogP contribution is 2.49. The van der Waals surface area contributed by atoms with Gasteiger partial charge in [0.2, 0.25) is 12.5 Å². The summed E-state index contributed by atoms with van der Waals surface area (Å²) in [5, 5.41) is 1.03. The molecule has 2 aliphatic rings. The van der Waals surface area contributed by atoms with Crippen molar-refractivity contribution in [3.8, 4) is 34.8 Å². The molecule has 0 spiro atoms. The van der Waals surface area contributed by atoms with E-state index in [4.69, 9.17) is 42.1 Å². The van der Waals surface area contributed by atoms with Crippen LogP contribution in [0.1, 0.15) is 17.2 Å². The number of hydrogen-bond acceptors (Lipinski definition) is 5. The molecule has 1 atom stereocenters. The Labute approximate surface area is 186 Å². The molecule has 0 saturated heterocycles. The maximum absolute atomic E-state index is 6.13. The Morgan fingerprint density at radius 1 is 1.24 bits per heavy atom. The summed E-state index contributed by atoms with van der Waals surface area (Å²) in [6.45, 7) is 1.31. The maximum atomic E-state index is 6.13. The van der Waals surface area contributed by atoms with Gasteiger partial charge in [0, 0.05) is 17.1 Å². The molecule has 29 heavy (non-hydrogen) atoms. The zero-order chi connectivity index (χ0) is 19.7. The molecule has 2 aliphatic heterocycles. The molecule has 2 heterocycles. The van der Waals surface area contributed by atoms with Gasteiger partial charge in [0.15, 0.2) is 11.5 Å². The largest absolute Gasteiger partial charge is 0.492 e.